The quantitative estimate of drug-likeness (QED) is 0.692. The number of esters is 1. The summed E-state index contributed by atoms with van der Waals surface area (Å²) < 4.78 is 10.2. The Morgan fingerprint density at radius 1 is 1.09 bits per heavy atom. The van der Waals surface area contributed by atoms with Crippen LogP contribution in [0.25, 0.3) is 0 Å². The van der Waals surface area contributed by atoms with Gasteiger partial charge in [0.1, 0.15) is 5.75 Å². The first-order valence-corrected chi connectivity index (χ1v) is 7.47. The van der Waals surface area contributed by atoms with E-state index in [1.807, 2.05) is 32.0 Å². The lowest BCUT2D eigenvalue weighted by molar-refractivity contribution is -0.146. The van der Waals surface area contributed by atoms with Gasteiger partial charge in [0.15, 0.2) is 6.61 Å². The predicted molar refractivity (Wildman–Crippen MR) is 84.5 cm³/mol. The van der Waals surface area contributed by atoms with E-state index in [2.05, 4.69) is 0 Å². The number of amides is 1. The van der Waals surface area contributed by atoms with Gasteiger partial charge in [0, 0.05) is 13.1 Å². The van der Waals surface area contributed by atoms with Crippen molar-refractivity contribution in [3.8, 4) is 5.75 Å². The molecule has 1 atom stereocenters. The molecular formula is C17H25NO4. The van der Waals surface area contributed by atoms with Crippen LogP contribution >= 0.6 is 0 Å². The van der Waals surface area contributed by atoms with Gasteiger partial charge in [0.25, 0.3) is 5.91 Å². The second kappa shape index (κ2) is 9.07. The van der Waals surface area contributed by atoms with Gasteiger partial charge in [-0.25, -0.2) is 0 Å². The van der Waals surface area contributed by atoms with Gasteiger partial charge in [-0.3, -0.25) is 9.59 Å². The van der Waals surface area contributed by atoms with Gasteiger partial charge in [0.05, 0.1) is 13.0 Å². The molecule has 122 valence electrons. The van der Waals surface area contributed by atoms with E-state index in [0.717, 1.165) is 0 Å². The Labute approximate surface area is 132 Å². The summed E-state index contributed by atoms with van der Waals surface area (Å²) in [6, 6.07) is 9.20. The first kappa shape index (κ1) is 18.0. The monoisotopic (exact) mass is 307 g/mol. The highest BCUT2D eigenvalue weighted by molar-refractivity contribution is 5.79. The van der Waals surface area contributed by atoms with Crippen LogP contribution < -0.4 is 4.74 Å². The minimum Gasteiger partial charge on any atom is -0.484 e. The first-order valence-electron chi connectivity index (χ1n) is 7.47. The van der Waals surface area contributed by atoms with Crippen LogP contribution in [0.15, 0.2) is 30.3 Å². The summed E-state index contributed by atoms with van der Waals surface area (Å²) in [5.74, 6) is 0.162. The third-order valence-electron chi connectivity index (χ3n) is 3.14. The van der Waals surface area contributed by atoms with Gasteiger partial charge in [-0.2, -0.15) is 0 Å². The Hall–Kier alpha value is -2.04. The van der Waals surface area contributed by atoms with Crippen LogP contribution in [0.4, 0.5) is 0 Å². The molecule has 0 bridgehead atoms. The number of ether oxygens (including phenoxy) is 2. The molecule has 0 aromatic heterocycles. The van der Waals surface area contributed by atoms with Crippen molar-refractivity contribution in [3.05, 3.63) is 30.3 Å². The fraction of sp³-hybridized carbons (Fsp3) is 0.529. The Morgan fingerprint density at radius 3 is 2.27 bits per heavy atom. The summed E-state index contributed by atoms with van der Waals surface area (Å²) >= 11 is 0. The molecule has 0 N–H and O–H groups in total. The SMILES string of the molecule is COC(=O)C(C)CN(CC(C)C)C(=O)COc1ccccc1. The minimum absolute atomic E-state index is 0.0371. The third-order valence-corrected chi connectivity index (χ3v) is 3.14. The molecule has 0 spiro atoms. The number of benzene rings is 1. The fourth-order valence-electron chi connectivity index (χ4n) is 2.08. The summed E-state index contributed by atoms with van der Waals surface area (Å²) in [5, 5.41) is 0. The lowest BCUT2D eigenvalue weighted by atomic mass is 10.1. The number of para-hydroxylation sites is 1. The Morgan fingerprint density at radius 2 is 1.73 bits per heavy atom. The highest BCUT2D eigenvalue weighted by atomic mass is 16.5. The zero-order valence-electron chi connectivity index (χ0n) is 13.7. The van der Waals surface area contributed by atoms with Crippen molar-refractivity contribution in [2.45, 2.75) is 20.8 Å². The molecule has 1 amide bonds. The van der Waals surface area contributed by atoms with Crippen LogP contribution in [0.2, 0.25) is 0 Å². The minimum atomic E-state index is -0.357. The topological polar surface area (TPSA) is 55.8 Å². The van der Waals surface area contributed by atoms with Crippen LogP contribution in [0, 0.1) is 11.8 Å². The second-order valence-corrected chi connectivity index (χ2v) is 5.72. The molecule has 0 saturated carbocycles. The van der Waals surface area contributed by atoms with E-state index < -0.39 is 0 Å². The second-order valence-electron chi connectivity index (χ2n) is 5.72. The Kier molecular flexibility index (Phi) is 7.43. The number of hydrogen-bond acceptors (Lipinski definition) is 4. The maximum atomic E-state index is 12.3. The number of rotatable bonds is 8. The van der Waals surface area contributed by atoms with E-state index in [1.54, 1.807) is 24.0 Å². The molecular weight excluding hydrogens is 282 g/mol. The number of methoxy groups -OCH3 is 1. The van der Waals surface area contributed by atoms with E-state index >= 15 is 0 Å². The van der Waals surface area contributed by atoms with E-state index in [4.69, 9.17) is 9.47 Å². The molecule has 5 nitrogen and oxygen atoms in total. The van der Waals surface area contributed by atoms with Crippen LogP contribution in [-0.4, -0.2) is 43.6 Å². The normalized spacial score (nSPS) is 11.9. The zero-order valence-corrected chi connectivity index (χ0v) is 13.7. The number of carbonyl (C=O) groups excluding carboxylic acids is 2. The lowest BCUT2D eigenvalue weighted by Crippen LogP contribution is -2.41. The van der Waals surface area contributed by atoms with Crippen molar-refractivity contribution in [3.63, 3.8) is 0 Å². The summed E-state index contributed by atoms with van der Waals surface area (Å²) in [4.78, 5) is 25.6. The molecule has 1 unspecified atom stereocenters. The Balaban J connectivity index is 2.61. The summed E-state index contributed by atoms with van der Waals surface area (Å²) in [6.07, 6.45) is 0. The maximum absolute atomic E-state index is 12.3. The summed E-state index contributed by atoms with van der Waals surface area (Å²) in [7, 11) is 1.35. The number of carbonyl (C=O) groups is 2. The maximum Gasteiger partial charge on any atom is 0.310 e. The average molecular weight is 307 g/mol. The molecule has 0 fully saturated rings. The van der Waals surface area contributed by atoms with Crippen molar-refractivity contribution in [1.29, 1.82) is 0 Å². The first-order chi connectivity index (χ1) is 10.4. The molecule has 0 saturated heterocycles. The summed E-state index contributed by atoms with van der Waals surface area (Å²) in [5.41, 5.74) is 0. The predicted octanol–water partition coefficient (Wildman–Crippen LogP) is 2.36. The smallest absolute Gasteiger partial charge is 0.310 e. The molecule has 1 rings (SSSR count). The fourth-order valence-corrected chi connectivity index (χ4v) is 2.08. The van der Waals surface area contributed by atoms with Crippen LogP contribution in [0.5, 0.6) is 5.75 Å². The molecule has 1 aromatic rings. The van der Waals surface area contributed by atoms with Crippen LogP contribution in [0.3, 0.4) is 0 Å². The molecule has 0 aliphatic rings. The van der Waals surface area contributed by atoms with Gasteiger partial charge < -0.3 is 14.4 Å². The lowest BCUT2D eigenvalue weighted by Gasteiger charge is -2.26. The van der Waals surface area contributed by atoms with Gasteiger partial charge in [-0.15, -0.1) is 0 Å². The van der Waals surface area contributed by atoms with Gasteiger partial charge in [-0.05, 0) is 18.1 Å². The van der Waals surface area contributed by atoms with Crippen molar-refractivity contribution >= 4 is 11.9 Å². The molecule has 0 radical (unpaired) electrons. The van der Waals surface area contributed by atoms with E-state index in [9.17, 15) is 9.59 Å². The van der Waals surface area contributed by atoms with E-state index in [0.29, 0.717) is 24.8 Å². The zero-order chi connectivity index (χ0) is 16.5. The molecule has 1 aromatic carbocycles. The van der Waals surface area contributed by atoms with Crippen molar-refractivity contribution < 1.29 is 19.1 Å². The Bertz CT molecular complexity index is 473. The van der Waals surface area contributed by atoms with Crippen LogP contribution in [0.1, 0.15) is 20.8 Å². The van der Waals surface area contributed by atoms with E-state index in [1.165, 1.54) is 7.11 Å². The van der Waals surface area contributed by atoms with Crippen molar-refractivity contribution in [1.82, 2.24) is 4.90 Å². The van der Waals surface area contributed by atoms with Gasteiger partial charge >= 0.3 is 5.97 Å². The molecule has 22 heavy (non-hydrogen) atoms. The molecule has 0 aliphatic heterocycles. The standard InChI is InChI=1S/C17H25NO4/c1-13(2)10-18(11-14(3)17(20)21-4)16(19)12-22-15-8-6-5-7-9-15/h5-9,13-14H,10-12H2,1-4H3. The number of nitrogens with zero attached hydrogens (tertiary/aromatic N) is 1. The van der Waals surface area contributed by atoms with Crippen molar-refractivity contribution in [2.75, 3.05) is 26.8 Å². The third kappa shape index (κ3) is 6.16. The van der Waals surface area contributed by atoms with Crippen LogP contribution in [-0.2, 0) is 14.3 Å². The van der Waals surface area contributed by atoms with E-state index in [-0.39, 0.29) is 24.4 Å². The molecule has 5 heteroatoms. The average Bonchev–Trinajstić information content (AvgIpc) is 2.51. The molecule has 0 heterocycles. The van der Waals surface area contributed by atoms with Gasteiger partial charge in [-0.1, -0.05) is 39.0 Å². The highest BCUT2D eigenvalue weighted by Gasteiger charge is 2.22. The largest absolute Gasteiger partial charge is 0.484 e. The van der Waals surface area contributed by atoms with Gasteiger partial charge in [0.2, 0.25) is 0 Å². The number of hydrogen-bond donors (Lipinski definition) is 0. The summed E-state index contributed by atoms with van der Waals surface area (Å²) in [6.45, 7) is 6.69. The van der Waals surface area contributed by atoms with Crippen molar-refractivity contribution in [2.24, 2.45) is 11.8 Å². The molecule has 0 aliphatic carbocycles. The highest BCUT2D eigenvalue weighted by Crippen LogP contribution is 2.10.